The van der Waals surface area contributed by atoms with Crippen molar-refractivity contribution in [2.45, 2.75) is 20.2 Å². The van der Waals surface area contributed by atoms with Crippen LogP contribution >= 0.6 is 11.3 Å². The summed E-state index contributed by atoms with van der Waals surface area (Å²) in [4.78, 5) is 28.1. The molecule has 1 aliphatic rings. The number of amides is 2. The van der Waals surface area contributed by atoms with Crippen LogP contribution in [-0.2, 0) is 9.59 Å². The average molecular weight is 434 g/mol. The van der Waals surface area contributed by atoms with Gasteiger partial charge in [0, 0.05) is 15.4 Å². The Morgan fingerprint density at radius 1 is 1.06 bits per heavy atom. The van der Waals surface area contributed by atoms with E-state index in [4.69, 9.17) is 0 Å². The van der Waals surface area contributed by atoms with E-state index >= 15 is 0 Å². The fraction of sp³-hybridized carbons (Fsp3) is 0.167. The maximum atomic E-state index is 12.7. The van der Waals surface area contributed by atoms with Crippen LogP contribution in [0.3, 0.4) is 0 Å². The molecule has 2 aromatic carbocycles. The number of aryl methyl sites for hydroxylation is 2. The molecule has 7 heteroatoms. The van der Waals surface area contributed by atoms with Crippen LogP contribution in [0.2, 0.25) is 0 Å². The van der Waals surface area contributed by atoms with Gasteiger partial charge in [0.2, 0.25) is 12.3 Å². The van der Waals surface area contributed by atoms with Crippen LogP contribution in [0.25, 0.3) is 16.5 Å². The number of aliphatic hydroxyl groups is 1. The van der Waals surface area contributed by atoms with Crippen LogP contribution in [-0.4, -0.2) is 34.7 Å². The van der Waals surface area contributed by atoms with Crippen LogP contribution in [0.1, 0.15) is 16.0 Å². The summed E-state index contributed by atoms with van der Waals surface area (Å²) in [6.45, 7) is 3.75. The zero-order valence-corrected chi connectivity index (χ0v) is 18.1. The summed E-state index contributed by atoms with van der Waals surface area (Å²) in [5.74, 6) is -0.797. The van der Waals surface area contributed by atoms with Gasteiger partial charge in [0.25, 0.3) is 5.91 Å². The summed E-state index contributed by atoms with van der Waals surface area (Å²) >= 11 is 1.55. The van der Waals surface area contributed by atoms with Gasteiger partial charge in [-0.05, 0) is 49.8 Å². The van der Waals surface area contributed by atoms with Crippen LogP contribution in [0.4, 0.5) is 5.69 Å². The van der Waals surface area contributed by atoms with Crippen molar-refractivity contribution in [2.75, 3.05) is 11.9 Å². The minimum atomic E-state index is -1.25. The predicted octanol–water partition coefficient (Wildman–Crippen LogP) is 3.72. The summed E-state index contributed by atoms with van der Waals surface area (Å²) in [5.41, 5.74) is 4.29. The molecular weight excluding hydrogens is 410 g/mol. The third-order valence-electron chi connectivity index (χ3n) is 4.97. The van der Waals surface area contributed by atoms with Crippen molar-refractivity contribution in [3.63, 3.8) is 0 Å². The second-order valence-corrected chi connectivity index (χ2v) is 8.61. The molecule has 6 nitrogen and oxygen atoms in total. The Morgan fingerprint density at radius 2 is 1.71 bits per heavy atom. The first-order valence-electron chi connectivity index (χ1n) is 9.90. The van der Waals surface area contributed by atoms with Gasteiger partial charge in [-0.25, -0.2) is 0 Å². The molecule has 0 radical (unpaired) electrons. The number of benzene rings is 2. The van der Waals surface area contributed by atoms with Crippen LogP contribution < -0.4 is 10.6 Å². The number of hydrogen-bond acceptors (Lipinski definition) is 5. The molecule has 1 saturated heterocycles. The number of rotatable bonds is 5. The molecular formula is C24H23N3O3S. The highest BCUT2D eigenvalue weighted by molar-refractivity contribution is 7.16. The molecule has 1 fully saturated rings. The van der Waals surface area contributed by atoms with Crippen molar-refractivity contribution in [1.82, 2.24) is 10.2 Å². The van der Waals surface area contributed by atoms with Crippen molar-refractivity contribution in [1.29, 1.82) is 0 Å². The van der Waals surface area contributed by atoms with E-state index in [1.165, 1.54) is 5.56 Å². The van der Waals surface area contributed by atoms with E-state index in [-0.39, 0.29) is 18.1 Å². The lowest BCUT2D eigenvalue weighted by Gasteiger charge is -2.18. The SMILES string of the molecule is Cc1ccc(NC(=O)CN2C(=O)/C(=C/c3ccc(-c4ccc(C)cc4)s3)NC2O)cc1. The number of thiophene rings is 1. The molecule has 2 heterocycles. The van der Waals surface area contributed by atoms with Crippen molar-refractivity contribution in [3.8, 4) is 10.4 Å². The summed E-state index contributed by atoms with van der Waals surface area (Å²) in [6, 6.07) is 19.6. The Kier molecular flexibility index (Phi) is 5.88. The molecule has 0 saturated carbocycles. The van der Waals surface area contributed by atoms with Gasteiger partial charge in [-0.2, -0.15) is 0 Å². The van der Waals surface area contributed by atoms with Gasteiger partial charge < -0.3 is 15.7 Å². The molecule has 3 N–H and O–H groups in total. The molecule has 0 aliphatic carbocycles. The van der Waals surface area contributed by atoms with E-state index in [1.807, 2.05) is 38.1 Å². The molecule has 31 heavy (non-hydrogen) atoms. The van der Waals surface area contributed by atoms with Gasteiger partial charge in [0.1, 0.15) is 12.2 Å². The second kappa shape index (κ2) is 8.75. The highest BCUT2D eigenvalue weighted by Gasteiger charge is 2.34. The Balaban J connectivity index is 1.43. The Labute approximate surface area is 184 Å². The first-order chi connectivity index (χ1) is 14.9. The lowest BCUT2D eigenvalue weighted by Crippen LogP contribution is -2.42. The second-order valence-electron chi connectivity index (χ2n) is 7.49. The number of anilines is 1. The third kappa shape index (κ3) is 4.84. The smallest absolute Gasteiger partial charge is 0.274 e. The standard InChI is InChI=1S/C24H23N3O3S/c1-15-3-7-17(8-4-15)21-12-11-19(31-21)13-20-23(29)27(24(30)26-20)14-22(28)25-18-9-5-16(2)6-10-18/h3-13,24,26,30H,14H2,1-2H3,(H,25,28)/b20-13-. The predicted molar refractivity (Wildman–Crippen MR) is 123 cm³/mol. The zero-order chi connectivity index (χ0) is 22.0. The number of hydrogen-bond donors (Lipinski definition) is 3. The van der Waals surface area contributed by atoms with E-state index in [0.717, 1.165) is 25.8 Å². The molecule has 0 bridgehead atoms. The van der Waals surface area contributed by atoms with Gasteiger partial charge in [0.15, 0.2) is 0 Å². The first kappa shape index (κ1) is 20.8. The quantitative estimate of drug-likeness (QED) is 0.536. The van der Waals surface area contributed by atoms with Crippen molar-refractivity contribution in [3.05, 3.63) is 82.4 Å². The zero-order valence-electron chi connectivity index (χ0n) is 17.3. The van der Waals surface area contributed by atoms with E-state index in [1.54, 1.807) is 29.5 Å². The Morgan fingerprint density at radius 3 is 2.39 bits per heavy atom. The van der Waals surface area contributed by atoms with E-state index in [9.17, 15) is 14.7 Å². The fourth-order valence-electron chi connectivity index (χ4n) is 3.24. The van der Waals surface area contributed by atoms with Gasteiger partial charge in [-0.1, -0.05) is 47.5 Å². The molecule has 3 aromatic rings. The van der Waals surface area contributed by atoms with Crippen molar-refractivity contribution < 1.29 is 14.7 Å². The summed E-state index contributed by atoms with van der Waals surface area (Å²) in [5, 5.41) is 15.7. The van der Waals surface area contributed by atoms with Crippen molar-refractivity contribution in [2.24, 2.45) is 0 Å². The molecule has 0 spiro atoms. The van der Waals surface area contributed by atoms with Crippen LogP contribution in [0, 0.1) is 13.8 Å². The Hall–Kier alpha value is -3.42. The highest BCUT2D eigenvalue weighted by atomic mass is 32.1. The van der Waals surface area contributed by atoms with E-state index in [2.05, 4.69) is 34.9 Å². The van der Waals surface area contributed by atoms with E-state index < -0.39 is 12.3 Å². The minimum Gasteiger partial charge on any atom is -0.356 e. The normalized spacial score (nSPS) is 17.1. The van der Waals surface area contributed by atoms with Gasteiger partial charge in [0.05, 0.1) is 0 Å². The lowest BCUT2D eigenvalue weighted by atomic mass is 10.1. The molecule has 1 atom stereocenters. The number of carbonyl (C=O) groups excluding carboxylic acids is 2. The lowest BCUT2D eigenvalue weighted by molar-refractivity contribution is -0.136. The fourth-order valence-corrected chi connectivity index (χ4v) is 4.20. The number of nitrogens with zero attached hydrogens (tertiary/aromatic N) is 1. The Bertz CT molecular complexity index is 1130. The van der Waals surface area contributed by atoms with Gasteiger partial charge in [-0.3, -0.25) is 14.5 Å². The first-order valence-corrected chi connectivity index (χ1v) is 10.7. The average Bonchev–Trinajstić information content (AvgIpc) is 3.31. The molecule has 4 rings (SSSR count). The van der Waals surface area contributed by atoms with Crippen molar-refractivity contribution >= 4 is 34.9 Å². The summed E-state index contributed by atoms with van der Waals surface area (Å²) in [6.07, 6.45) is 0.449. The molecule has 1 unspecified atom stereocenters. The summed E-state index contributed by atoms with van der Waals surface area (Å²) < 4.78 is 0. The molecule has 158 valence electrons. The largest absolute Gasteiger partial charge is 0.356 e. The number of nitrogens with one attached hydrogen (secondary N) is 2. The monoisotopic (exact) mass is 433 g/mol. The number of aliphatic hydroxyl groups excluding tert-OH is 1. The maximum Gasteiger partial charge on any atom is 0.274 e. The minimum absolute atomic E-state index is 0.253. The molecule has 1 aromatic heterocycles. The number of carbonyl (C=O) groups is 2. The van der Waals surface area contributed by atoms with Crippen LogP contribution in [0.15, 0.2) is 66.4 Å². The topological polar surface area (TPSA) is 81.7 Å². The molecule has 1 aliphatic heterocycles. The molecule has 2 amide bonds. The maximum absolute atomic E-state index is 12.7. The highest BCUT2D eigenvalue weighted by Crippen LogP contribution is 2.30. The van der Waals surface area contributed by atoms with Crippen LogP contribution in [0.5, 0.6) is 0 Å². The summed E-state index contributed by atoms with van der Waals surface area (Å²) in [7, 11) is 0. The van der Waals surface area contributed by atoms with E-state index in [0.29, 0.717) is 5.69 Å². The van der Waals surface area contributed by atoms with Gasteiger partial charge in [-0.15, -0.1) is 11.3 Å². The third-order valence-corrected chi connectivity index (χ3v) is 6.05. The van der Waals surface area contributed by atoms with Gasteiger partial charge >= 0.3 is 0 Å².